The summed E-state index contributed by atoms with van der Waals surface area (Å²) in [7, 11) is 0. The van der Waals surface area contributed by atoms with E-state index in [1.807, 2.05) is 31.3 Å². The van der Waals surface area contributed by atoms with E-state index in [1.54, 1.807) is 0 Å². The minimum Gasteiger partial charge on any atom is -0.466 e. The molecule has 1 heterocycles. The minimum absolute atomic E-state index is 0.0954. The third-order valence-electron chi connectivity index (χ3n) is 3.33. The van der Waals surface area contributed by atoms with Crippen LogP contribution >= 0.6 is 11.6 Å². The van der Waals surface area contributed by atoms with Crippen molar-refractivity contribution < 1.29 is 9.53 Å². The number of carbonyl (C=O) groups is 1. The number of rotatable bonds is 7. The number of halogens is 1. The van der Waals surface area contributed by atoms with Crippen molar-refractivity contribution in [3.63, 3.8) is 0 Å². The molecule has 20 heavy (non-hydrogen) atoms. The number of benzene rings is 1. The van der Waals surface area contributed by atoms with Gasteiger partial charge in [-0.05, 0) is 25.8 Å². The van der Waals surface area contributed by atoms with Crippen molar-refractivity contribution in [2.75, 3.05) is 6.61 Å². The molecule has 0 N–H and O–H groups in total. The van der Waals surface area contributed by atoms with Crippen LogP contribution in [0.5, 0.6) is 0 Å². The average molecular weight is 294 g/mol. The maximum atomic E-state index is 11.2. The number of aromatic nitrogens is 1. The van der Waals surface area contributed by atoms with E-state index in [1.165, 1.54) is 5.52 Å². The van der Waals surface area contributed by atoms with Crippen LogP contribution in [0.15, 0.2) is 30.5 Å². The first-order chi connectivity index (χ1) is 9.72. The molecular weight excluding hydrogens is 274 g/mol. The number of carbonyl (C=O) groups excluding carboxylic acids is 1. The number of para-hydroxylation sites is 1. The van der Waals surface area contributed by atoms with Gasteiger partial charge in [0.2, 0.25) is 0 Å². The molecule has 0 bridgehead atoms. The molecule has 0 amide bonds. The van der Waals surface area contributed by atoms with Gasteiger partial charge < -0.3 is 9.30 Å². The van der Waals surface area contributed by atoms with E-state index in [2.05, 4.69) is 10.6 Å². The van der Waals surface area contributed by atoms with E-state index >= 15 is 0 Å². The van der Waals surface area contributed by atoms with Gasteiger partial charge in [0, 0.05) is 30.1 Å². The summed E-state index contributed by atoms with van der Waals surface area (Å²) >= 11 is 6.21. The molecule has 0 saturated heterocycles. The van der Waals surface area contributed by atoms with E-state index in [9.17, 15) is 4.79 Å². The molecule has 1 aromatic heterocycles. The first-order valence-electron chi connectivity index (χ1n) is 7.11. The Bertz CT molecular complexity index is 577. The van der Waals surface area contributed by atoms with Crippen LogP contribution < -0.4 is 0 Å². The summed E-state index contributed by atoms with van der Waals surface area (Å²) in [5, 5.41) is 1.90. The Morgan fingerprint density at radius 3 is 2.85 bits per heavy atom. The van der Waals surface area contributed by atoms with E-state index in [0.717, 1.165) is 36.2 Å². The highest BCUT2D eigenvalue weighted by Gasteiger charge is 2.06. The van der Waals surface area contributed by atoms with E-state index in [4.69, 9.17) is 16.3 Å². The molecule has 108 valence electrons. The number of nitrogens with zero attached hydrogens (tertiary/aromatic N) is 1. The Kier molecular flexibility index (Phi) is 5.48. The highest BCUT2D eigenvalue weighted by molar-refractivity contribution is 6.35. The molecule has 0 aliphatic rings. The summed E-state index contributed by atoms with van der Waals surface area (Å²) in [6.45, 7) is 3.22. The van der Waals surface area contributed by atoms with Gasteiger partial charge in [0.05, 0.1) is 11.6 Å². The van der Waals surface area contributed by atoms with Crippen LogP contribution in [-0.2, 0) is 16.1 Å². The van der Waals surface area contributed by atoms with Crippen LogP contribution in [-0.4, -0.2) is 17.1 Å². The Morgan fingerprint density at radius 2 is 2.05 bits per heavy atom. The summed E-state index contributed by atoms with van der Waals surface area (Å²) in [6, 6.07) is 8.14. The van der Waals surface area contributed by atoms with Crippen LogP contribution in [0.2, 0.25) is 5.02 Å². The van der Waals surface area contributed by atoms with Gasteiger partial charge in [-0.1, -0.05) is 36.2 Å². The van der Waals surface area contributed by atoms with Gasteiger partial charge in [-0.25, -0.2) is 0 Å². The number of unbranched alkanes of at least 4 members (excludes halogenated alkanes) is 2. The number of hydrogen-bond donors (Lipinski definition) is 0. The predicted octanol–water partition coefficient (Wildman–Crippen LogP) is 4.42. The lowest BCUT2D eigenvalue weighted by molar-refractivity contribution is -0.143. The predicted molar refractivity (Wildman–Crippen MR) is 82.0 cm³/mol. The van der Waals surface area contributed by atoms with Crippen molar-refractivity contribution in [2.24, 2.45) is 0 Å². The van der Waals surface area contributed by atoms with Crippen LogP contribution in [0, 0.1) is 0 Å². The van der Waals surface area contributed by atoms with Crippen LogP contribution in [0.25, 0.3) is 10.9 Å². The Balaban J connectivity index is 1.80. The molecule has 2 aromatic rings. The van der Waals surface area contributed by atoms with Crippen molar-refractivity contribution in [1.82, 2.24) is 4.57 Å². The van der Waals surface area contributed by atoms with Gasteiger partial charge in [0.1, 0.15) is 0 Å². The Hall–Kier alpha value is -1.48. The molecule has 0 aliphatic carbocycles. The zero-order valence-corrected chi connectivity index (χ0v) is 12.5. The molecule has 0 atom stereocenters. The van der Waals surface area contributed by atoms with Gasteiger partial charge in [-0.2, -0.15) is 0 Å². The lowest BCUT2D eigenvalue weighted by atomic mass is 10.2. The van der Waals surface area contributed by atoms with Gasteiger partial charge >= 0.3 is 5.97 Å². The maximum Gasteiger partial charge on any atom is 0.305 e. The normalized spacial score (nSPS) is 10.9. The van der Waals surface area contributed by atoms with E-state index in [-0.39, 0.29) is 5.97 Å². The third-order valence-corrected chi connectivity index (χ3v) is 3.63. The molecule has 3 nitrogen and oxygen atoms in total. The van der Waals surface area contributed by atoms with E-state index in [0.29, 0.717) is 13.0 Å². The number of ether oxygens (including phenoxy) is 1. The first-order valence-corrected chi connectivity index (χ1v) is 7.49. The fraction of sp³-hybridized carbons (Fsp3) is 0.438. The lowest BCUT2D eigenvalue weighted by Gasteiger charge is -2.05. The van der Waals surface area contributed by atoms with Crippen LogP contribution in [0.4, 0.5) is 0 Å². The topological polar surface area (TPSA) is 31.2 Å². The second-order valence-corrected chi connectivity index (χ2v) is 5.21. The van der Waals surface area contributed by atoms with Crippen molar-refractivity contribution in [1.29, 1.82) is 0 Å². The second kappa shape index (κ2) is 7.34. The quantitative estimate of drug-likeness (QED) is 0.559. The number of aryl methyl sites for hydroxylation is 1. The molecule has 0 fully saturated rings. The summed E-state index contributed by atoms with van der Waals surface area (Å²) < 4.78 is 7.09. The fourth-order valence-electron chi connectivity index (χ4n) is 2.35. The average Bonchev–Trinajstić information content (AvgIpc) is 2.76. The largest absolute Gasteiger partial charge is 0.466 e. The van der Waals surface area contributed by atoms with Crippen molar-refractivity contribution in [2.45, 2.75) is 39.2 Å². The van der Waals surface area contributed by atoms with E-state index < -0.39 is 0 Å². The summed E-state index contributed by atoms with van der Waals surface area (Å²) in [5.74, 6) is -0.0954. The molecule has 0 aliphatic heterocycles. The molecule has 1 aromatic carbocycles. The fourth-order valence-corrected chi connectivity index (χ4v) is 2.63. The second-order valence-electron chi connectivity index (χ2n) is 4.80. The van der Waals surface area contributed by atoms with Crippen molar-refractivity contribution >= 4 is 28.5 Å². The molecule has 0 spiro atoms. The summed E-state index contributed by atoms with van der Waals surface area (Å²) in [6.07, 6.45) is 5.43. The lowest BCUT2D eigenvalue weighted by Crippen LogP contribution is -2.03. The smallest absolute Gasteiger partial charge is 0.305 e. The van der Waals surface area contributed by atoms with Gasteiger partial charge in [0.15, 0.2) is 0 Å². The minimum atomic E-state index is -0.0954. The molecule has 4 heteroatoms. The first kappa shape index (κ1) is 14.9. The standard InChI is InChI=1S/C16H20ClNO2/c1-2-20-16(19)10-4-3-7-11-18-12-14(17)13-8-5-6-9-15(13)18/h5-6,8-9,12H,2-4,7,10-11H2,1H3. The SMILES string of the molecule is CCOC(=O)CCCCCn1cc(Cl)c2ccccc21. The highest BCUT2D eigenvalue weighted by atomic mass is 35.5. The third kappa shape index (κ3) is 3.76. The van der Waals surface area contributed by atoms with Gasteiger partial charge in [-0.15, -0.1) is 0 Å². The molecular formula is C16H20ClNO2. The molecule has 0 radical (unpaired) electrons. The molecule has 0 saturated carbocycles. The van der Waals surface area contributed by atoms with Crippen molar-refractivity contribution in [3.8, 4) is 0 Å². The van der Waals surface area contributed by atoms with Gasteiger partial charge in [-0.3, -0.25) is 4.79 Å². The van der Waals surface area contributed by atoms with Crippen LogP contribution in [0.3, 0.4) is 0 Å². The van der Waals surface area contributed by atoms with Crippen LogP contribution in [0.1, 0.15) is 32.6 Å². The van der Waals surface area contributed by atoms with Crippen molar-refractivity contribution in [3.05, 3.63) is 35.5 Å². The summed E-state index contributed by atoms with van der Waals surface area (Å²) in [4.78, 5) is 11.2. The zero-order chi connectivity index (χ0) is 14.4. The molecule has 2 rings (SSSR count). The number of esters is 1. The Morgan fingerprint density at radius 1 is 1.25 bits per heavy atom. The maximum absolute atomic E-state index is 11.2. The zero-order valence-electron chi connectivity index (χ0n) is 11.8. The molecule has 0 unspecified atom stereocenters. The summed E-state index contributed by atoms with van der Waals surface area (Å²) in [5.41, 5.74) is 1.17. The Labute approximate surface area is 124 Å². The van der Waals surface area contributed by atoms with Gasteiger partial charge in [0.25, 0.3) is 0 Å². The monoisotopic (exact) mass is 293 g/mol. The number of fused-ring (bicyclic) bond motifs is 1. The number of hydrogen-bond acceptors (Lipinski definition) is 2. The highest BCUT2D eigenvalue weighted by Crippen LogP contribution is 2.25.